The maximum absolute atomic E-state index is 7.65. The van der Waals surface area contributed by atoms with Crippen LogP contribution < -0.4 is 0 Å². The third-order valence-corrected chi connectivity index (χ3v) is 8.86. The van der Waals surface area contributed by atoms with Gasteiger partial charge in [0.2, 0.25) is 8.32 Å². The first kappa shape index (κ1) is 10.3. The van der Waals surface area contributed by atoms with Crippen molar-refractivity contribution in [3.63, 3.8) is 0 Å². The molecule has 14 heavy (non-hydrogen) atoms. The van der Waals surface area contributed by atoms with E-state index in [9.17, 15) is 0 Å². The highest BCUT2D eigenvalue weighted by atomic mass is 28.4. The van der Waals surface area contributed by atoms with Gasteiger partial charge in [-0.05, 0) is 16.6 Å². The average Bonchev–Trinajstić information content (AvgIpc) is 2.12. The summed E-state index contributed by atoms with van der Waals surface area (Å²) in [6, 6.07) is 0. The molecule has 0 amide bonds. The molecule has 0 unspecified atom stereocenters. The second kappa shape index (κ2) is 5.58. The summed E-state index contributed by atoms with van der Waals surface area (Å²) in [5, 5.41) is 0. The molecule has 0 bridgehead atoms. The van der Waals surface area contributed by atoms with Crippen molar-refractivity contribution in [2.45, 2.75) is 58.2 Å². The van der Waals surface area contributed by atoms with E-state index in [-0.39, 0.29) is 0 Å². The zero-order valence-corrected chi connectivity index (χ0v) is 11.2. The maximum atomic E-state index is 7.65. The maximum Gasteiger partial charge on any atom is 0.201 e. The second-order valence-electron chi connectivity index (χ2n) is 4.67. The average molecular weight is 214 g/mol. The van der Waals surface area contributed by atoms with Crippen molar-refractivity contribution in [3.05, 3.63) is 0 Å². The molecule has 0 aliphatic heterocycles. The van der Waals surface area contributed by atoms with Gasteiger partial charge in [0.25, 0.3) is 0 Å². The highest BCUT2D eigenvalue weighted by molar-refractivity contribution is 6.77. The Labute approximate surface area is 93.2 Å². The van der Waals surface area contributed by atoms with Crippen LogP contribution in [0.1, 0.15) is 44.3 Å². The summed E-state index contributed by atoms with van der Waals surface area (Å²) in [4.78, 5) is 0. The Balaban J connectivity index is 5.32. The Hall–Kier alpha value is -0.263. The van der Waals surface area contributed by atoms with Crippen molar-refractivity contribution in [1.82, 2.24) is 0 Å². The highest BCUT2D eigenvalue weighted by Gasteiger charge is 2.44. The molecule has 0 aliphatic carbocycles. The van der Waals surface area contributed by atoms with Gasteiger partial charge in [-0.3, -0.25) is 0 Å². The zero-order chi connectivity index (χ0) is 13.1. The van der Waals surface area contributed by atoms with Crippen LogP contribution in [-0.2, 0) is 4.43 Å². The van der Waals surface area contributed by atoms with Crippen molar-refractivity contribution < 1.29 is 7.17 Å². The molecule has 0 aromatic carbocycles. The summed E-state index contributed by atoms with van der Waals surface area (Å²) in [5.74, 6) is 2.11. The van der Waals surface area contributed by atoms with Gasteiger partial charge >= 0.3 is 0 Å². The monoisotopic (exact) mass is 214 g/mol. The van der Waals surface area contributed by atoms with Crippen LogP contribution in [0.5, 0.6) is 0 Å². The molecule has 0 radical (unpaired) electrons. The van der Waals surface area contributed by atoms with Crippen LogP contribution >= 0.6 is 0 Å². The summed E-state index contributed by atoms with van der Waals surface area (Å²) in [7, 11) is -2.20. The number of hydrogen-bond acceptors (Lipinski definition) is 1. The molecule has 0 aromatic heterocycles. The van der Waals surface area contributed by atoms with E-state index < -0.39 is 14.9 Å². The third kappa shape index (κ3) is 2.62. The zero-order valence-electron chi connectivity index (χ0n) is 12.2. The SMILES string of the molecule is [2H]C([2H])(C#C)O[Si](C(C)C)(C(C)C)C(C)C. The number of rotatable bonds is 5. The van der Waals surface area contributed by atoms with Crippen LogP contribution in [0.3, 0.4) is 0 Å². The molecule has 0 saturated carbocycles. The first-order chi connectivity index (χ1) is 7.10. The summed E-state index contributed by atoms with van der Waals surface area (Å²) in [5.41, 5.74) is 1.03. The lowest BCUT2D eigenvalue weighted by Gasteiger charge is -2.41. The predicted molar refractivity (Wildman–Crippen MR) is 65.8 cm³/mol. The molecule has 0 fully saturated rings. The van der Waals surface area contributed by atoms with Gasteiger partial charge in [0.15, 0.2) is 0 Å². The summed E-state index contributed by atoms with van der Waals surface area (Å²) in [6.45, 7) is 10.7. The van der Waals surface area contributed by atoms with Gasteiger partial charge in [-0.1, -0.05) is 47.5 Å². The molecule has 1 nitrogen and oxygen atoms in total. The van der Waals surface area contributed by atoms with E-state index in [0.29, 0.717) is 16.6 Å². The topological polar surface area (TPSA) is 9.23 Å². The van der Waals surface area contributed by atoms with Crippen molar-refractivity contribution in [2.24, 2.45) is 0 Å². The highest BCUT2D eigenvalue weighted by Crippen LogP contribution is 2.41. The largest absolute Gasteiger partial charge is 0.405 e. The number of terminal acetylenes is 1. The van der Waals surface area contributed by atoms with E-state index in [1.54, 1.807) is 0 Å². The predicted octanol–water partition coefficient (Wildman–Crippen LogP) is 3.81. The summed E-state index contributed by atoms with van der Waals surface area (Å²) in [6.07, 6.45) is 5.19. The molecule has 0 atom stereocenters. The molecular weight excluding hydrogens is 188 g/mol. The van der Waals surface area contributed by atoms with E-state index in [1.165, 1.54) is 0 Å². The van der Waals surface area contributed by atoms with Crippen molar-refractivity contribution in [3.8, 4) is 12.3 Å². The minimum Gasteiger partial charge on any atom is -0.405 e. The number of hydrogen-bond donors (Lipinski definition) is 0. The minimum atomic E-state index is -2.20. The van der Waals surface area contributed by atoms with E-state index in [1.807, 2.05) is 0 Å². The van der Waals surface area contributed by atoms with E-state index in [2.05, 4.69) is 47.5 Å². The fourth-order valence-corrected chi connectivity index (χ4v) is 7.41. The molecule has 0 aliphatic rings. The molecule has 2 heteroatoms. The van der Waals surface area contributed by atoms with Crippen LogP contribution in [0.4, 0.5) is 0 Å². The van der Waals surface area contributed by atoms with Crippen LogP contribution in [-0.4, -0.2) is 14.9 Å². The first-order valence-corrected chi connectivity index (χ1v) is 7.42. The normalized spacial score (nSPS) is 15.7. The van der Waals surface area contributed by atoms with Crippen molar-refractivity contribution in [2.75, 3.05) is 6.56 Å². The third-order valence-electron chi connectivity index (χ3n) is 2.99. The first-order valence-electron chi connectivity index (χ1n) is 6.28. The molecule has 0 heterocycles. The van der Waals surface area contributed by atoms with Gasteiger partial charge < -0.3 is 4.43 Å². The van der Waals surface area contributed by atoms with E-state index in [0.717, 1.165) is 0 Å². The molecule has 82 valence electrons. The molecule has 0 saturated heterocycles. The molecular formula is C12H24OSi. The van der Waals surface area contributed by atoms with Gasteiger partial charge in [0.05, 0.1) is 9.30 Å². The fourth-order valence-electron chi connectivity index (χ4n) is 2.47. The van der Waals surface area contributed by atoms with Gasteiger partial charge in [-0.25, -0.2) is 0 Å². The smallest absolute Gasteiger partial charge is 0.201 e. The quantitative estimate of drug-likeness (QED) is 0.499. The lowest BCUT2D eigenvalue weighted by atomic mass is 10.5. The molecule has 0 spiro atoms. The Bertz CT molecular complexity index is 245. The Morgan fingerprint density at radius 1 is 1.14 bits per heavy atom. The van der Waals surface area contributed by atoms with E-state index in [4.69, 9.17) is 13.6 Å². The van der Waals surface area contributed by atoms with Crippen molar-refractivity contribution >= 4 is 8.32 Å². The Morgan fingerprint density at radius 3 is 1.71 bits per heavy atom. The van der Waals surface area contributed by atoms with Crippen molar-refractivity contribution in [1.29, 1.82) is 0 Å². The lowest BCUT2D eigenvalue weighted by molar-refractivity contribution is 0.322. The van der Waals surface area contributed by atoms with Crippen LogP contribution in [0.25, 0.3) is 0 Å². The van der Waals surface area contributed by atoms with Gasteiger partial charge in [0, 0.05) is 0 Å². The standard InChI is InChI=1S/C12H24OSi/c1-8-9-13-14(10(2)3,11(4)5)12(6)7/h1,10-12H,9H2,2-7H3/i9D2. The van der Waals surface area contributed by atoms with Gasteiger partial charge in [-0.2, -0.15) is 0 Å². The molecule has 0 aromatic rings. The van der Waals surface area contributed by atoms with Crippen LogP contribution in [0.15, 0.2) is 0 Å². The van der Waals surface area contributed by atoms with Gasteiger partial charge in [-0.15, -0.1) is 6.42 Å². The van der Waals surface area contributed by atoms with E-state index >= 15 is 0 Å². The second-order valence-corrected chi connectivity index (χ2v) is 10.0. The van der Waals surface area contributed by atoms with Crippen LogP contribution in [0, 0.1) is 12.3 Å². The molecule has 0 N–H and O–H groups in total. The summed E-state index contributed by atoms with van der Waals surface area (Å²) >= 11 is 0. The summed E-state index contributed by atoms with van der Waals surface area (Å²) < 4.78 is 21.1. The fraction of sp³-hybridized carbons (Fsp3) is 0.833. The molecule has 0 rings (SSSR count). The van der Waals surface area contributed by atoms with Gasteiger partial charge in [0.1, 0.15) is 0 Å². The van der Waals surface area contributed by atoms with Crippen LogP contribution in [0.2, 0.25) is 16.6 Å². The Kier molecular flexibility index (Phi) is 4.09. The Morgan fingerprint density at radius 2 is 1.50 bits per heavy atom. The lowest BCUT2D eigenvalue weighted by Crippen LogP contribution is -2.47. The minimum absolute atomic E-state index is 0.343.